The van der Waals surface area contributed by atoms with Crippen LogP contribution in [0.15, 0.2) is 16.5 Å². The molecular weight excluding hydrogens is 308 g/mol. The number of imidazole rings is 1. The smallest absolute Gasteiger partial charge is 0.331 e. The minimum Gasteiger partial charge on any atom is -0.408 e. The molecule has 126 valence electrons. The molecule has 0 atom stereocenters. The highest BCUT2D eigenvalue weighted by molar-refractivity contribution is 5.91. The zero-order valence-electron chi connectivity index (χ0n) is 14.4. The Labute approximate surface area is 139 Å². The number of aryl methyl sites for hydroxylation is 2. The minimum absolute atomic E-state index is 0.128. The normalized spacial score (nSPS) is 11.9. The number of rotatable bonds is 3. The molecule has 3 aromatic heterocycles. The number of hydrogen-bond acceptors (Lipinski definition) is 6. The third-order valence-electron chi connectivity index (χ3n) is 3.29. The first-order chi connectivity index (χ1) is 11.2. The molecule has 3 heterocycles. The Morgan fingerprint density at radius 2 is 1.96 bits per heavy atom. The van der Waals surface area contributed by atoms with Crippen LogP contribution in [0.1, 0.15) is 38.8 Å². The van der Waals surface area contributed by atoms with Gasteiger partial charge in [0.2, 0.25) is 17.7 Å². The molecule has 0 saturated heterocycles. The van der Waals surface area contributed by atoms with E-state index in [2.05, 4.69) is 25.5 Å². The number of hydrogen-bond donors (Lipinski definition) is 1. The van der Waals surface area contributed by atoms with Crippen LogP contribution in [-0.4, -0.2) is 30.6 Å². The van der Waals surface area contributed by atoms with Gasteiger partial charge in [-0.1, -0.05) is 25.9 Å². The minimum atomic E-state index is -0.132. The molecule has 0 aliphatic heterocycles. The van der Waals surface area contributed by atoms with Gasteiger partial charge in [-0.05, 0) is 24.5 Å². The van der Waals surface area contributed by atoms with E-state index >= 15 is 0 Å². The van der Waals surface area contributed by atoms with E-state index in [0.29, 0.717) is 29.4 Å². The van der Waals surface area contributed by atoms with Crippen LogP contribution in [-0.2, 0) is 4.79 Å². The van der Waals surface area contributed by atoms with Gasteiger partial charge in [0.1, 0.15) is 5.52 Å². The lowest BCUT2D eigenvalue weighted by atomic mass is 9.92. The van der Waals surface area contributed by atoms with Crippen molar-refractivity contribution < 1.29 is 9.21 Å². The Kier molecular flexibility index (Phi) is 3.82. The van der Waals surface area contributed by atoms with Gasteiger partial charge < -0.3 is 4.42 Å². The Morgan fingerprint density at radius 3 is 2.58 bits per heavy atom. The molecule has 0 spiro atoms. The molecule has 0 unspecified atom stereocenters. The number of pyridine rings is 1. The van der Waals surface area contributed by atoms with Crippen molar-refractivity contribution in [1.29, 1.82) is 0 Å². The maximum Gasteiger partial charge on any atom is 0.331 e. The van der Waals surface area contributed by atoms with Crippen LogP contribution < -0.4 is 5.32 Å². The van der Waals surface area contributed by atoms with Gasteiger partial charge in [0.25, 0.3) is 0 Å². The second-order valence-corrected chi connectivity index (χ2v) is 6.96. The molecule has 1 amide bonds. The maximum absolute atomic E-state index is 12.3. The van der Waals surface area contributed by atoms with Crippen molar-refractivity contribution >= 4 is 23.0 Å². The van der Waals surface area contributed by atoms with E-state index in [1.807, 2.05) is 39.8 Å². The maximum atomic E-state index is 12.3. The fourth-order valence-corrected chi connectivity index (χ4v) is 2.34. The molecule has 8 heteroatoms. The van der Waals surface area contributed by atoms with Gasteiger partial charge in [-0.2, -0.15) is 0 Å². The second kappa shape index (κ2) is 5.70. The molecular formula is C16H20N6O2. The summed E-state index contributed by atoms with van der Waals surface area (Å²) in [5.41, 5.74) is 1.90. The van der Waals surface area contributed by atoms with Gasteiger partial charge in [-0.15, -0.1) is 5.10 Å². The number of aromatic nitrogens is 5. The summed E-state index contributed by atoms with van der Waals surface area (Å²) < 4.78 is 7.08. The molecule has 1 N–H and O–H groups in total. The number of amides is 1. The van der Waals surface area contributed by atoms with Crippen molar-refractivity contribution in [3.63, 3.8) is 0 Å². The van der Waals surface area contributed by atoms with Crippen molar-refractivity contribution in [3.8, 4) is 6.01 Å². The summed E-state index contributed by atoms with van der Waals surface area (Å²) in [6.45, 7) is 9.59. The summed E-state index contributed by atoms with van der Waals surface area (Å²) >= 11 is 0. The van der Waals surface area contributed by atoms with Crippen molar-refractivity contribution in [3.05, 3.63) is 23.7 Å². The fourth-order valence-electron chi connectivity index (χ4n) is 2.34. The highest BCUT2D eigenvalue weighted by atomic mass is 16.4. The van der Waals surface area contributed by atoms with Gasteiger partial charge in [0, 0.05) is 19.0 Å². The molecule has 8 nitrogen and oxygen atoms in total. The standard InChI is InChI=1S/C16H20N6O2/c1-9-6-7-11-13(17-9)22(15-21-20-10(2)24-15)14(18-11)19-12(23)8-16(3,4)5/h6-7H,8H2,1-5H3,(H,18,19,23). The fraction of sp³-hybridized carbons (Fsp3) is 0.438. The van der Waals surface area contributed by atoms with E-state index in [-0.39, 0.29) is 17.3 Å². The highest BCUT2D eigenvalue weighted by Gasteiger charge is 2.22. The topological polar surface area (TPSA) is 98.7 Å². The lowest BCUT2D eigenvalue weighted by molar-refractivity contribution is -0.117. The number of carbonyl (C=O) groups is 1. The molecule has 0 radical (unpaired) electrons. The summed E-state index contributed by atoms with van der Waals surface area (Å²) in [5, 5.41) is 10.7. The van der Waals surface area contributed by atoms with Crippen LogP contribution in [0, 0.1) is 19.3 Å². The van der Waals surface area contributed by atoms with E-state index in [0.717, 1.165) is 5.69 Å². The number of nitrogens with zero attached hydrogens (tertiary/aromatic N) is 5. The van der Waals surface area contributed by atoms with Gasteiger partial charge in [-0.25, -0.2) is 14.5 Å². The molecule has 0 aromatic carbocycles. The molecule has 3 aromatic rings. The van der Waals surface area contributed by atoms with Gasteiger partial charge in [-0.3, -0.25) is 10.1 Å². The van der Waals surface area contributed by atoms with Crippen LogP contribution in [0.2, 0.25) is 0 Å². The summed E-state index contributed by atoms with van der Waals surface area (Å²) in [7, 11) is 0. The first kappa shape index (κ1) is 16.1. The molecule has 0 bridgehead atoms. The monoisotopic (exact) mass is 328 g/mol. The van der Waals surface area contributed by atoms with Crippen molar-refractivity contribution in [2.45, 2.75) is 41.0 Å². The quantitative estimate of drug-likeness (QED) is 0.793. The Balaban J connectivity index is 2.08. The van der Waals surface area contributed by atoms with E-state index in [1.54, 1.807) is 11.5 Å². The first-order valence-corrected chi connectivity index (χ1v) is 7.69. The lowest BCUT2D eigenvalue weighted by Gasteiger charge is -2.16. The molecule has 0 saturated carbocycles. The Morgan fingerprint density at radius 1 is 1.21 bits per heavy atom. The summed E-state index contributed by atoms with van der Waals surface area (Å²) in [5.74, 6) is 0.611. The molecule has 0 aliphatic carbocycles. The summed E-state index contributed by atoms with van der Waals surface area (Å²) in [6, 6.07) is 3.93. The van der Waals surface area contributed by atoms with Crippen molar-refractivity contribution in [2.75, 3.05) is 5.32 Å². The van der Waals surface area contributed by atoms with Gasteiger partial charge >= 0.3 is 6.01 Å². The van der Waals surface area contributed by atoms with Crippen LogP contribution in [0.4, 0.5) is 5.95 Å². The SMILES string of the molecule is Cc1ccc2nc(NC(=O)CC(C)(C)C)n(-c3nnc(C)o3)c2n1. The van der Waals surface area contributed by atoms with Gasteiger partial charge in [0.15, 0.2) is 5.65 Å². The average Bonchev–Trinajstić information content (AvgIpc) is 2.99. The van der Waals surface area contributed by atoms with E-state index < -0.39 is 0 Å². The van der Waals surface area contributed by atoms with Crippen LogP contribution in [0.3, 0.4) is 0 Å². The number of fused-ring (bicyclic) bond motifs is 1. The summed E-state index contributed by atoms with van der Waals surface area (Å²) in [4.78, 5) is 21.2. The number of carbonyl (C=O) groups excluding carboxylic acids is 1. The Hall–Kier alpha value is -2.77. The predicted molar refractivity (Wildman–Crippen MR) is 88.9 cm³/mol. The van der Waals surface area contributed by atoms with E-state index in [9.17, 15) is 4.79 Å². The zero-order chi connectivity index (χ0) is 17.5. The number of anilines is 1. The van der Waals surface area contributed by atoms with Gasteiger partial charge in [0.05, 0.1) is 0 Å². The molecule has 3 rings (SSSR count). The second-order valence-electron chi connectivity index (χ2n) is 6.96. The zero-order valence-corrected chi connectivity index (χ0v) is 14.4. The van der Waals surface area contributed by atoms with E-state index in [1.165, 1.54) is 0 Å². The number of nitrogens with one attached hydrogen (secondary N) is 1. The molecule has 24 heavy (non-hydrogen) atoms. The highest BCUT2D eigenvalue weighted by Crippen LogP contribution is 2.24. The van der Waals surface area contributed by atoms with Crippen LogP contribution >= 0.6 is 0 Å². The third-order valence-corrected chi connectivity index (χ3v) is 3.29. The van der Waals surface area contributed by atoms with E-state index in [4.69, 9.17) is 4.42 Å². The summed E-state index contributed by atoms with van der Waals surface area (Å²) in [6.07, 6.45) is 0.367. The average molecular weight is 328 g/mol. The van der Waals surface area contributed by atoms with Crippen LogP contribution in [0.5, 0.6) is 0 Å². The molecule has 0 fully saturated rings. The lowest BCUT2D eigenvalue weighted by Crippen LogP contribution is -2.21. The van der Waals surface area contributed by atoms with Crippen LogP contribution in [0.25, 0.3) is 17.2 Å². The first-order valence-electron chi connectivity index (χ1n) is 7.69. The predicted octanol–water partition coefficient (Wildman–Crippen LogP) is 2.80. The van der Waals surface area contributed by atoms with Crippen molar-refractivity contribution in [2.24, 2.45) is 5.41 Å². The Bertz CT molecular complexity index is 903. The molecule has 0 aliphatic rings. The largest absolute Gasteiger partial charge is 0.408 e. The third kappa shape index (κ3) is 3.27. The van der Waals surface area contributed by atoms with Crippen molar-refractivity contribution in [1.82, 2.24) is 24.7 Å².